The van der Waals surface area contributed by atoms with E-state index >= 15 is 0 Å². The summed E-state index contributed by atoms with van der Waals surface area (Å²) in [5.74, 6) is -0.352. The number of hydrogen-bond acceptors (Lipinski definition) is 4. The number of nitrogens with zero attached hydrogens (tertiary/aromatic N) is 3. The first kappa shape index (κ1) is 17.1. The number of amides is 2. The molecule has 2 aliphatic rings. The summed E-state index contributed by atoms with van der Waals surface area (Å²) in [6.07, 6.45) is 2.31. The van der Waals surface area contributed by atoms with Gasteiger partial charge in [0.1, 0.15) is 11.5 Å². The lowest BCUT2D eigenvalue weighted by atomic mass is 9.78. The summed E-state index contributed by atoms with van der Waals surface area (Å²) in [6.45, 7) is 1.91. The highest BCUT2D eigenvalue weighted by Gasteiger charge is 2.49. The smallest absolute Gasteiger partial charge is 0.273 e. The van der Waals surface area contributed by atoms with Crippen LogP contribution >= 0.6 is 11.3 Å². The van der Waals surface area contributed by atoms with E-state index in [1.54, 1.807) is 38.9 Å². The van der Waals surface area contributed by atoms with Crippen molar-refractivity contribution in [1.82, 2.24) is 14.8 Å². The topological polar surface area (TPSA) is 53.5 Å². The third kappa shape index (κ3) is 3.00. The summed E-state index contributed by atoms with van der Waals surface area (Å²) < 4.78 is 14.0. The predicted molar refractivity (Wildman–Crippen MR) is 96.1 cm³/mol. The van der Waals surface area contributed by atoms with Crippen LogP contribution in [0.3, 0.4) is 0 Å². The van der Waals surface area contributed by atoms with Crippen LogP contribution in [-0.2, 0) is 11.3 Å². The number of hydrogen-bond donors (Lipinski definition) is 0. The van der Waals surface area contributed by atoms with Crippen LogP contribution in [0.15, 0.2) is 35.2 Å². The Morgan fingerprint density at radius 1 is 1.27 bits per heavy atom. The van der Waals surface area contributed by atoms with Gasteiger partial charge in [0.25, 0.3) is 5.91 Å². The molecule has 136 valence electrons. The maximum Gasteiger partial charge on any atom is 0.273 e. The molecule has 1 atom stereocenters. The zero-order valence-corrected chi connectivity index (χ0v) is 15.2. The number of carbonyl (C=O) groups excluding carboxylic acids is 2. The molecule has 2 saturated heterocycles. The molecule has 2 aliphatic heterocycles. The Hall–Kier alpha value is -2.28. The fraction of sp³-hybridized carbons (Fsp3) is 0.421. The molecule has 0 N–H and O–H groups in total. The van der Waals surface area contributed by atoms with E-state index in [0.717, 1.165) is 12.8 Å². The van der Waals surface area contributed by atoms with Crippen molar-refractivity contribution >= 4 is 23.2 Å². The van der Waals surface area contributed by atoms with Crippen molar-refractivity contribution in [1.29, 1.82) is 0 Å². The van der Waals surface area contributed by atoms with E-state index in [4.69, 9.17) is 0 Å². The van der Waals surface area contributed by atoms with Crippen molar-refractivity contribution in [3.05, 3.63) is 52.2 Å². The molecule has 5 nitrogen and oxygen atoms in total. The summed E-state index contributed by atoms with van der Waals surface area (Å²) in [6, 6.07) is 6.57. The third-order valence-electron chi connectivity index (χ3n) is 5.44. The number of piperidine rings is 1. The van der Waals surface area contributed by atoms with Gasteiger partial charge in [-0.1, -0.05) is 18.2 Å². The van der Waals surface area contributed by atoms with Crippen LogP contribution in [-0.4, -0.2) is 46.2 Å². The van der Waals surface area contributed by atoms with Gasteiger partial charge in [-0.3, -0.25) is 9.59 Å². The maximum absolute atomic E-state index is 14.0. The van der Waals surface area contributed by atoms with E-state index in [0.29, 0.717) is 37.3 Å². The van der Waals surface area contributed by atoms with E-state index in [1.165, 1.54) is 17.4 Å². The molecular weight excluding hydrogens is 353 g/mol. The molecule has 3 heterocycles. The largest absolute Gasteiger partial charge is 0.338 e. The molecular formula is C19H20FN3O2S. The molecule has 4 rings (SSSR count). The molecule has 1 aromatic carbocycles. The minimum Gasteiger partial charge on any atom is -0.338 e. The Morgan fingerprint density at radius 2 is 2.12 bits per heavy atom. The third-order valence-corrected chi connectivity index (χ3v) is 6.02. The van der Waals surface area contributed by atoms with Gasteiger partial charge in [-0.25, -0.2) is 9.37 Å². The molecule has 1 aromatic heterocycles. The number of thiazole rings is 1. The van der Waals surface area contributed by atoms with Crippen molar-refractivity contribution in [2.24, 2.45) is 5.41 Å². The quantitative estimate of drug-likeness (QED) is 0.831. The lowest BCUT2D eigenvalue weighted by Crippen LogP contribution is -2.50. The van der Waals surface area contributed by atoms with Gasteiger partial charge in [-0.2, -0.15) is 0 Å². The van der Waals surface area contributed by atoms with Crippen LogP contribution in [0.25, 0.3) is 0 Å². The molecule has 1 spiro atoms. The van der Waals surface area contributed by atoms with Gasteiger partial charge in [0.2, 0.25) is 5.91 Å². The molecule has 2 fully saturated rings. The minimum absolute atomic E-state index is 0.0422. The lowest BCUT2D eigenvalue weighted by Gasteiger charge is -2.39. The van der Waals surface area contributed by atoms with Gasteiger partial charge in [0.15, 0.2) is 0 Å². The van der Waals surface area contributed by atoms with Crippen LogP contribution < -0.4 is 0 Å². The molecule has 7 heteroatoms. The Morgan fingerprint density at radius 3 is 2.88 bits per heavy atom. The van der Waals surface area contributed by atoms with Gasteiger partial charge in [0.05, 0.1) is 10.9 Å². The molecule has 0 saturated carbocycles. The second-order valence-electron chi connectivity index (χ2n) is 7.05. The zero-order valence-electron chi connectivity index (χ0n) is 14.4. The first-order chi connectivity index (χ1) is 12.6. The fourth-order valence-corrected chi connectivity index (χ4v) is 4.57. The SMILES string of the molecule is O=C(c1cscn1)N1CC[C@@]2(CCCN(Cc3ccccc3F)C2=O)C1. The highest BCUT2D eigenvalue weighted by molar-refractivity contribution is 7.07. The van der Waals surface area contributed by atoms with E-state index in [1.807, 2.05) is 0 Å². The van der Waals surface area contributed by atoms with Crippen molar-refractivity contribution < 1.29 is 14.0 Å². The van der Waals surface area contributed by atoms with Crippen molar-refractivity contribution in [3.63, 3.8) is 0 Å². The van der Waals surface area contributed by atoms with Gasteiger partial charge >= 0.3 is 0 Å². The molecule has 26 heavy (non-hydrogen) atoms. The average Bonchev–Trinajstić information content (AvgIpc) is 3.31. The van der Waals surface area contributed by atoms with Gasteiger partial charge in [0, 0.05) is 37.1 Å². The molecule has 0 unspecified atom stereocenters. The Balaban J connectivity index is 1.49. The summed E-state index contributed by atoms with van der Waals surface area (Å²) in [7, 11) is 0. The fourth-order valence-electron chi connectivity index (χ4n) is 4.04. The van der Waals surface area contributed by atoms with Crippen molar-refractivity contribution in [2.45, 2.75) is 25.8 Å². The molecule has 2 aromatic rings. The van der Waals surface area contributed by atoms with Crippen LogP contribution in [0.4, 0.5) is 4.39 Å². The normalized spacial score (nSPS) is 23.0. The van der Waals surface area contributed by atoms with E-state index in [9.17, 15) is 14.0 Å². The predicted octanol–water partition coefficient (Wildman–Crippen LogP) is 2.94. The molecule has 0 radical (unpaired) electrons. The second kappa shape index (κ2) is 6.79. The van der Waals surface area contributed by atoms with Crippen LogP contribution in [0.1, 0.15) is 35.3 Å². The number of carbonyl (C=O) groups is 2. The first-order valence-electron chi connectivity index (χ1n) is 8.79. The Bertz CT molecular complexity index is 826. The van der Waals surface area contributed by atoms with Gasteiger partial charge in [-0.05, 0) is 25.3 Å². The van der Waals surface area contributed by atoms with Crippen LogP contribution in [0.2, 0.25) is 0 Å². The van der Waals surface area contributed by atoms with Crippen molar-refractivity contribution in [3.8, 4) is 0 Å². The monoisotopic (exact) mass is 373 g/mol. The average molecular weight is 373 g/mol. The summed E-state index contributed by atoms with van der Waals surface area (Å²) in [4.78, 5) is 33.3. The van der Waals surface area contributed by atoms with Crippen molar-refractivity contribution in [2.75, 3.05) is 19.6 Å². The van der Waals surface area contributed by atoms with E-state index in [2.05, 4.69) is 4.98 Å². The number of aromatic nitrogens is 1. The number of halogens is 1. The Labute approximate surface area is 155 Å². The lowest BCUT2D eigenvalue weighted by molar-refractivity contribution is -0.146. The number of rotatable bonds is 3. The second-order valence-corrected chi connectivity index (χ2v) is 7.77. The summed E-state index contributed by atoms with van der Waals surface area (Å²) in [5, 5.41) is 1.74. The van der Waals surface area contributed by atoms with Crippen LogP contribution in [0, 0.1) is 11.2 Å². The van der Waals surface area contributed by atoms with Gasteiger partial charge in [-0.15, -0.1) is 11.3 Å². The number of likely N-dealkylation sites (tertiary alicyclic amines) is 2. The highest BCUT2D eigenvalue weighted by atomic mass is 32.1. The summed E-state index contributed by atoms with van der Waals surface area (Å²) >= 11 is 1.39. The standard InChI is InChI=1S/C19H20FN3O2S/c20-15-5-2-1-4-14(15)10-22-8-3-6-19(18(22)25)7-9-23(12-19)17(24)16-11-26-13-21-16/h1-2,4-5,11,13H,3,6-10,12H2/t19-/m0/s1. The van der Waals surface area contributed by atoms with Crippen LogP contribution in [0.5, 0.6) is 0 Å². The highest BCUT2D eigenvalue weighted by Crippen LogP contribution is 2.41. The molecule has 0 aliphatic carbocycles. The van der Waals surface area contributed by atoms with E-state index < -0.39 is 5.41 Å². The molecule has 0 bridgehead atoms. The number of benzene rings is 1. The first-order valence-corrected chi connectivity index (χ1v) is 9.74. The Kier molecular flexibility index (Phi) is 4.48. The van der Waals surface area contributed by atoms with Gasteiger partial charge < -0.3 is 9.80 Å². The summed E-state index contributed by atoms with van der Waals surface area (Å²) in [5.41, 5.74) is 2.08. The van der Waals surface area contributed by atoms with E-state index in [-0.39, 0.29) is 24.2 Å². The molecule has 2 amide bonds. The minimum atomic E-state index is -0.533. The maximum atomic E-state index is 14.0. The zero-order chi connectivity index (χ0) is 18.1.